The van der Waals surface area contributed by atoms with Crippen molar-refractivity contribution in [2.75, 3.05) is 26.0 Å². The van der Waals surface area contributed by atoms with Crippen LogP contribution in [0.1, 0.15) is 38.5 Å². The molecule has 5 heteroatoms. The summed E-state index contributed by atoms with van der Waals surface area (Å²) in [6, 6.07) is 7.02. The Morgan fingerprint density at radius 3 is 2.29 bits per heavy atom. The maximum absolute atomic E-state index is 12.0. The second-order valence-electron chi connectivity index (χ2n) is 6.03. The molecule has 1 saturated carbocycles. The summed E-state index contributed by atoms with van der Waals surface area (Å²) in [5.41, 5.74) is 0.989. The van der Waals surface area contributed by atoms with E-state index in [0.29, 0.717) is 4.90 Å². The lowest BCUT2D eigenvalue weighted by Gasteiger charge is -2.21. The van der Waals surface area contributed by atoms with Gasteiger partial charge in [0.15, 0.2) is 0 Å². The predicted molar refractivity (Wildman–Crippen MR) is 87.0 cm³/mol. The molecule has 0 aliphatic heterocycles. The van der Waals surface area contributed by atoms with Crippen LogP contribution in [-0.4, -0.2) is 33.4 Å². The molecule has 0 saturated heterocycles. The minimum Gasteiger partial charge on any atom is -0.385 e. The second-order valence-corrected chi connectivity index (χ2v) is 8.18. The summed E-state index contributed by atoms with van der Waals surface area (Å²) in [7, 11) is -0.231. The first-order valence-corrected chi connectivity index (χ1v) is 9.20. The van der Waals surface area contributed by atoms with Gasteiger partial charge in [-0.3, -0.25) is 0 Å². The molecule has 1 aliphatic rings. The molecule has 1 aromatic rings. The van der Waals surface area contributed by atoms with Gasteiger partial charge in [0.1, 0.15) is 0 Å². The van der Waals surface area contributed by atoms with Crippen molar-refractivity contribution in [1.82, 2.24) is 4.31 Å². The van der Waals surface area contributed by atoms with Gasteiger partial charge in [-0.15, -0.1) is 0 Å². The molecule has 4 nitrogen and oxygen atoms in total. The fraction of sp³-hybridized carbons (Fsp3) is 0.625. The summed E-state index contributed by atoms with van der Waals surface area (Å²) in [4.78, 5) is 0.338. The SMILES string of the molecule is CN(C)S(=O)(=O)c1ccc(NCCC2CCCCC2)cc1. The zero-order valence-electron chi connectivity index (χ0n) is 13.0. The normalized spacial score (nSPS) is 17.1. The molecule has 0 unspecified atom stereocenters. The van der Waals surface area contributed by atoms with E-state index in [4.69, 9.17) is 0 Å². The van der Waals surface area contributed by atoms with Crippen LogP contribution < -0.4 is 5.32 Å². The number of nitrogens with zero attached hydrogens (tertiary/aromatic N) is 1. The summed E-state index contributed by atoms with van der Waals surface area (Å²) in [6.45, 7) is 0.963. The minimum absolute atomic E-state index is 0.338. The highest BCUT2D eigenvalue weighted by atomic mass is 32.2. The Balaban J connectivity index is 1.85. The quantitative estimate of drug-likeness (QED) is 0.877. The van der Waals surface area contributed by atoms with Crippen molar-refractivity contribution in [2.45, 2.75) is 43.4 Å². The molecule has 118 valence electrons. The number of hydrogen-bond acceptors (Lipinski definition) is 3. The fourth-order valence-corrected chi connectivity index (χ4v) is 3.75. The van der Waals surface area contributed by atoms with Gasteiger partial charge < -0.3 is 5.32 Å². The van der Waals surface area contributed by atoms with E-state index in [1.54, 1.807) is 26.2 Å². The molecular formula is C16H26N2O2S. The Bertz CT molecular complexity index is 532. The highest BCUT2D eigenvalue weighted by Gasteiger charge is 2.16. The van der Waals surface area contributed by atoms with Gasteiger partial charge in [-0.1, -0.05) is 32.1 Å². The maximum atomic E-state index is 12.0. The Kier molecular flexibility index (Phi) is 5.65. The summed E-state index contributed by atoms with van der Waals surface area (Å²) in [5, 5.41) is 3.39. The van der Waals surface area contributed by atoms with Crippen LogP contribution in [0.4, 0.5) is 5.69 Å². The van der Waals surface area contributed by atoms with Crippen molar-refractivity contribution in [2.24, 2.45) is 5.92 Å². The zero-order valence-corrected chi connectivity index (χ0v) is 13.8. The number of benzene rings is 1. The van der Waals surface area contributed by atoms with Crippen LogP contribution in [0.25, 0.3) is 0 Å². The first-order chi connectivity index (χ1) is 10.00. The molecule has 1 N–H and O–H groups in total. The Hall–Kier alpha value is -1.07. The van der Waals surface area contributed by atoms with Gasteiger partial charge in [0.2, 0.25) is 10.0 Å². The van der Waals surface area contributed by atoms with E-state index in [-0.39, 0.29) is 0 Å². The standard InChI is InChI=1S/C16H26N2O2S/c1-18(2)21(19,20)16-10-8-15(9-11-16)17-13-12-14-6-4-3-5-7-14/h8-11,14,17H,3-7,12-13H2,1-2H3. The van der Waals surface area contributed by atoms with E-state index in [0.717, 1.165) is 18.2 Å². The molecule has 0 aromatic heterocycles. The van der Waals surface area contributed by atoms with Crippen LogP contribution in [-0.2, 0) is 10.0 Å². The van der Waals surface area contributed by atoms with E-state index in [9.17, 15) is 8.42 Å². The van der Waals surface area contributed by atoms with Crippen molar-refractivity contribution >= 4 is 15.7 Å². The fourth-order valence-electron chi connectivity index (χ4n) is 2.85. The zero-order chi connectivity index (χ0) is 15.3. The third-order valence-corrected chi connectivity index (χ3v) is 6.07. The van der Waals surface area contributed by atoms with Crippen LogP contribution in [0.5, 0.6) is 0 Å². The Morgan fingerprint density at radius 2 is 1.71 bits per heavy atom. The minimum atomic E-state index is -3.33. The second kappa shape index (κ2) is 7.27. The molecule has 0 bridgehead atoms. The van der Waals surface area contributed by atoms with E-state index < -0.39 is 10.0 Å². The summed E-state index contributed by atoms with van der Waals surface area (Å²) in [6.07, 6.45) is 8.08. The lowest BCUT2D eigenvalue weighted by atomic mass is 9.87. The summed E-state index contributed by atoms with van der Waals surface area (Å²) >= 11 is 0. The van der Waals surface area contributed by atoms with Crippen molar-refractivity contribution in [3.63, 3.8) is 0 Å². The van der Waals surface area contributed by atoms with Gasteiger partial charge >= 0.3 is 0 Å². The molecule has 0 amide bonds. The van der Waals surface area contributed by atoms with Crippen LogP contribution in [0.3, 0.4) is 0 Å². The summed E-state index contributed by atoms with van der Waals surface area (Å²) < 4.78 is 25.2. The lowest BCUT2D eigenvalue weighted by Crippen LogP contribution is -2.22. The van der Waals surface area contributed by atoms with Crippen molar-refractivity contribution in [3.8, 4) is 0 Å². The van der Waals surface area contributed by atoms with Crippen LogP contribution in [0.15, 0.2) is 29.2 Å². The molecule has 1 fully saturated rings. The maximum Gasteiger partial charge on any atom is 0.242 e. The van der Waals surface area contributed by atoms with Gasteiger partial charge in [-0.25, -0.2) is 12.7 Å². The monoisotopic (exact) mass is 310 g/mol. The molecule has 0 atom stereocenters. The van der Waals surface area contributed by atoms with Gasteiger partial charge in [0.25, 0.3) is 0 Å². The molecular weight excluding hydrogens is 284 g/mol. The number of rotatable bonds is 6. The van der Waals surface area contributed by atoms with Gasteiger partial charge in [-0.05, 0) is 36.6 Å². The van der Waals surface area contributed by atoms with Crippen LogP contribution in [0, 0.1) is 5.92 Å². The van der Waals surface area contributed by atoms with Gasteiger partial charge in [0.05, 0.1) is 4.90 Å². The smallest absolute Gasteiger partial charge is 0.242 e. The van der Waals surface area contributed by atoms with Crippen LogP contribution >= 0.6 is 0 Å². The van der Waals surface area contributed by atoms with E-state index in [2.05, 4.69) is 5.32 Å². The Morgan fingerprint density at radius 1 is 1.10 bits per heavy atom. The molecule has 1 aliphatic carbocycles. The van der Waals surface area contributed by atoms with Crippen molar-refractivity contribution in [1.29, 1.82) is 0 Å². The first-order valence-electron chi connectivity index (χ1n) is 7.76. The molecule has 1 aromatic carbocycles. The Labute approximate surface area is 128 Å². The molecule has 21 heavy (non-hydrogen) atoms. The predicted octanol–water partition coefficient (Wildman–Crippen LogP) is 3.32. The molecule has 0 radical (unpaired) electrons. The number of nitrogens with one attached hydrogen (secondary N) is 1. The highest BCUT2D eigenvalue weighted by molar-refractivity contribution is 7.89. The number of hydrogen-bond donors (Lipinski definition) is 1. The average Bonchev–Trinajstić information content (AvgIpc) is 2.49. The number of anilines is 1. The first kappa shape index (κ1) is 16.3. The number of sulfonamides is 1. The third-order valence-electron chi connectivity index (χ3n) is 4.24. The van der Waals surface area contributed by atoms with Gasteiger partial charge in [-0.2, -0.15) is 0 Å². The van der Waals surface area contributed by atoms with Crippen molar-refractivity contribution in [3.05, 3.63) is 24.3 Å². The highest BCUT2D eigenvalue weighted by Crippen LogP contribution is 2.26. The van der Waals surface area contributed by atoms with E-state index >= 15 is 0 Å². The molecule has 2 rings (SSSR count). The van der Waals surface area contributed by atoms with E-state index in [1.165, 1.54) is 42.8 Å². The van der Waals surface area contributed by atoms with E-state index in [1.807, 2.05) is 12.1 Å². The summed E-state index contributed by atoms with van der Waals surface area (Å²) in [5.74, 6) is 0.861. The lowest BCUT2D eigenvalue weighted by molar-refractivity contribution is 0.345. The third kappa shape index (κ3) is 4.45. The van der Waals surface area contributed by atoms with Gasteiger partial charge in [0, 0.05) is 26.3 Å². The average molecular weight is 310 g/mol. The largest absolute Gasteiger partial charge is 0.385 e. The topological polar surface area (TPSA) is 49.4 Å². The van der Waals surface area contributed by atoms with Crippen molar-refractivity contribution < 1.29 is 8.42 Å². The van der Waals surface area contributed by atoms with Crippen LogP contribution in [0.2, 0.25) is 0 Å². The molecule has 0 heterocycles. The molecule has 0 spiro atoms.